The molecule has 0 N–H and O–H groups in total. The zero-order chi connectivity index (χ0) is 28.2. The predicted octanol–water partition coefficient (Wildman–Crippen LogP) is 4.59. The van der Waals surface area contributed by atoms with Crippen molar-refractivity contribution in [3.05, 3.63) is 35.5 Å². The third-order valence-electron chi connectivity index (χ3n) is 6.96. The molecule has 0 fully saturated rings. The first-order chi connectivity index (χ1) is 19.9. The number of rotatable bonds is 29. The average molecular weight is 614 g/mol. The van der Waals surface area contributed by atoms with Gasteiger partial charge in [0.25, 0.3) is 0 Å². The van der Waals surface area contributed by atoms with Crippen LogP contribution in [0.15, 0.2) is 35.5 Å². The third kappa shape index (κ3) is 22.9. The van der Waals surface area contributed by atoms with Crippen LogP contribution in [-0.2, 0) is 20.8 Å². The lowest BCUT2D eigenvalue weighted by Gasteiger charge is -2.18. The standard InChI is InChI=1S/C32H56N3O4S.ClH/c1-2-3-4-5-6-7-8-9-10-11-12-13-14-15-16-17-23-37-28-31(39-32-33-19-18-20-34-32)29-38-26-25-36-24-21-35-22-27-40-30-35;/h18-20,22,27,30-31H,2-17,21,23-26,28-29H2,1H3;1H/q+1;/p-1. The molecule has 1 unspecified atom stereocenters. The van der Waals surface area contributed by atoms with Crippen molar-refractivity contribution < 1.29 is 35.9 Å². The fourth-order valence-electron chi connectivity index (χ4n) is 4.57. The van der Waals surface area contributed by atoms with Gasteiger partial charge in [-0.3, -0.25) is 0 Å². The van der Waals surface area contributed by atoms with Crippen LogP contribution in [0.4, 0.5) is 0 Å². The van der Waals surface area contributed by atoms with Crippen molar-refractivity contribution in [3.63, 3.8) is 0 Å². The molecule has 2 aromatic rings. The first-order valence-corrected chi connectivity index (χ1v) is 16.9. The first kappa shape index (κ1) is 37.7. The van der Waals surface area contributed by atoms with Gasteiger partial charge in [-0.05, 0) is 12.5 Å². The van der Waals surface area contributed by atoms with E-state index in [9.17, 15) is 0 Å². The van der Waals surface area contributed by atoms with Crippen LogP contribution < -0.4 is 21.7 Å². The highest BCUT2D eigenvalue weighted by Gasteiger charge is 2.13. The maximum absolute atomic E-state index is 5.93. The number of halogens is 1. The highest BCUT2D eigenvalue weighted by molar-refractivity contribution is 7.07. The maximum atomic E-state index is 5.93. The quantitative estimate of drug-likeness (QED) is 0.0988. The lowest BCUT2D eigenvalue weighted by Crippen LogP contribution is -3.00. The smallest absolute Gasteiger partial charge is 0.316 e. The van der Waals surface area contributed by atoms with Gasteiger partial charge in [-0.15, -0.1) is 0 Å². The molecule has 0 saturated heterocycles. The number of thiazole rings is 1. The molecule has 1 atom stereocenters. The van der Waals surface area contributed by atoms with Gasteiger partial charge in [0.05, 0.1) is 31.8 Å². The highest BCUT2D eigenvalue weighted by Crippen LogP contribution is 2.14. The Bertz CT molecular complexity index is 774. The second kappa shape index (κ2) is 28.8. The van der Waals surface area contributed by atoms with Crippen LogP contribution in [-0.4, -0.2) is 55.7 Å². The van der Waals surface area contributed by atoms with Crippen molar-refractivity contribution in [2.45, 2.75) is 122 Å². The zero-order valence-electron chi connectivity index (χ0n) is 25.6. The lowest BCUT2D eigenvalue weighted by molar-refractivity contribution is -0.693. The minimum atomic E-state index is -0.246. The summed E-state index contributed by atoms with van der Waals surface area (Å²) in [5, 5.41) is 2.06. The van der Waals surface area contributed by atoms with Gasteiger partial charge in [-0.2, -0.15) is 4.57 Å². The topological polar surface area (TPSA) is 66.6 Å². The number of aromatic nitrogens is 3. The molecule has 0 spiro atoms. The lowest BCUT2D eigenvalue weighted by atomic mass is 10.0. The number of hydrogen-bond acceptors (Lipinski definition) is 7. The molecule has 0 aliphatic rings. The van der Waals surface area contributed by atoms with Crippen LogP contribution in [0.2, 0.25) is 0 Å². The van der Waals surface area contributed by atoms with E-state index in [2.05, 4.69) is 38.5 Å². The number of ether oxygens (including phenoxy) is 4. The maximum Gasteiger partial charge on any atom is 0.316 e. The van der Waals surface area contributed by atoms with E-state index in [1.54, 1.807) is 29.8 Å². The summed E-state index contributed by atoms with van der Waals surface area (Å²) in [5.74, 6) is 0. The van der Waals surface area contributed by atoms with E-state index in [-0.39, 0.29) is 18.5 Å². The molecule has 0 bridgehead atoms. The summed E-state index contributed by atoms with van der Waals surface area (Å²) in [7, 11) is 0. The van der Waals surface area contributed by atoms with Crippen molar-refractivity contribution in [2.24, 2.45) is 0 Å². The Morgan fingerprint density at radius 2 is 1.22 bits per heavy atom. The largest absolute Gasteiger partial charge is 1.00 e. The van der Waals surface area contributed by atoms with Crippen LogP contribution >= 0.6 is 11.3 Å². The highest BCUT2D eigenvalue weighted by atomic mass is 35.5. The Balaban J connectivity index is 0.00000840. The Morgan fingerprint density at radius 3 is 1.78 bits per heavy atom. The van der Waals surface area contributed by atoms with Crippen LogP contribution in [0.3, 0.4) is 0 Å². The van der Waals surface area contributed by atoms with Crippen molar-refractivity contribution in [1.82, 2.24) is 9.97 Å². The molecule has 0 aromatic carbocycles. The van der Waals surface area contributed by atoms with Crippen molar-refractivity contribution in [1.29, 1.82) is 0 Å². The van der Waals surface area contributed by atoms with Gasteiger partial charge < -0.3 is 31.4 Å². The Labute approximate surface area is 260 Å². The van der Waals surface area contributed by atoms with Gasteiger partial charge in [-0.1, -0.05) is 115 Å². The van der Waals surface area contributed by atoms with Crippen LogP contribution in [0.1, 0.15) is 110 Å². The summed E-state index contributed by atoms with van der Waals surface area (Å²) in [4.78, 5) is 8.34. The molecule has 2 aromatic heterocycles. The van der Waals surface area contributed by atoms with Crippen LogP contribution in [0.5, 0.6) is 6.01 Å². The molecule has 9 heteroatoms. The summed E-state index contributed by atoms with van der Waals surface area (Å²) in [6, 6.07) is 2.13. The van der Waals surface area contributed by atoms with Gasteiger partial charge in [-0.25, -0.2) is 9.97 Å². The molecule has 2 rings (SSSR count). The average Bonchev–Trinajstić information content (AvgIpc) is 3.50. The number of hydrogen-bond donors (Lipinski definition) is 0. The second-order valence-electron chi connectivity index (χ2n) is 10.6. The molecular weight excluding hydrogens is 558 g/mol. The normalized spacial score (nSPS) is 11.8. The molecule has 236 valence electrons. The SMILES string of the molecule is CCCCCCCCCCCCCCCCCCOCC(COCCOCC[n+]1ccsc1)Oc1ncccn1.[Cl-]. The summed E-state index contributed by atoms with van der Waals surface area (Å²) in [6.07, 6.45) is 27.1. The van der Waals surface area contributed by atoms with E-state index >= 15 is 0 Å². The van der Waals surface area contributed by atoms with Crippen molar-refractivity contribution >= 4 is 11.3 Å². The molecule has 0 aliphatic heterocycles. The van der Waals surface area contributed by atoms with Crippen molar-refractivity contribution in [3.8, 4) is 6.01 Å². The van der Waals surface area contributed by atoms with Crippen molar-refractivity contribution in [2.75, 3.05) is 39.6 Å². The minimum Gasteiger partial charge on any atom is -1.00 e. The summed E-state index contributed by atoms with van der Waals surface area (Å²) in [6.45, 7) is 6.51. The summed E-state index contributed by atoms with van der Waals surface area (Å²) in [5.41, 5.74) is 2.08. The van der Waals surface area contributed by atoms with E-state index in [1.165, 1.54) is 96.3 Å². The molecule has 0 saturated carbocycles. The molecule has 0 radical (unpaired) electrons. The molecule has 0 amide bonds. The van der Waals surface area contributed by atoms with E-state index in [4.69, 9.17) is 18.9 Å². The fourth-order valence-corrected chi connectivity index (χ4v) is 5.20. The Hall–Kier alpha value is -1.32. The molecular formula is C32H56ClN3O4S. The molecule has 0 aliphatic carbocycles. The van der Waals surface area contributed by atoms with E-state index < -0.39 is 0 Å². The second-order valence-corrected chi connectivity index (χ2v) is 11.4. The molecule has 41 heavy (non-hydrogen) atoms. The van der Waals surface area contributed by atoms with Gasteiger partial charge in [0.15, 0.2) is 12.7 Å². The third-order valence-corrected chi connectivity index (χ3v) is 7.63. The van der Waals surface area contributed by atoms with Gasteiger partial charge in [0.1, 0.15) is 12.7 Å². The zero-order valence-corrected chi connectivity index (χ0v) is 27.1. The van der Waals surface area contributed by atoms with Gasteiger partial charge in [0, 0.05) is 19.0 Å². The first-order valence-electron chi connectivity index (χ1n) is 16.0. The Morgan fingerprint density at radius 1 is 0.683 bits per heavy atom. The van der Waals surface area contributed by atoms with Crippen LogP contribution in [0, 0.1) is 0 Å². The predicted molar refractivity (Wildman–Crippen MR) is 163 cm³/mol. The Kier molecular flexibility index (Phi) is 26.5. The van der Waals surface area contributed by atoms with E-state index in [0.29, 0.717) is 39.0 Å². The molecule has 7 nitrogen and oxygen atoms in total. The van der Waals surface area contributed by atoms with Gasteiger partial charge >= 0.3 is 6.01 Å². The van der Waals surface area contributed by atoms with E-state index in [1.807, 2.05) is 0 Å². The summed E-state index contributed by atoms with van der Waals surface area (Å²) >= 11 is 1.68. The van der Waals surface area contributed by atoms with Crippen LogP contribution in [0.25, 0.3) is 0 Å². The number of nitrogens with zero attached hydrogens (tertiary/aromatic N) is 3. The number of unbranched alkanes of at least 4 members (excludes halogenated alkanes) is 15. The van der Waals surface area contributed by atoms with E-state index in [0.717, 1.165) is 19.6 Å². The van der Waals surface area contributed by atoms with Gasteiger partial charge in [0.2, 0.25) is 5.51 Å². The summed E-state index contributed by atoms with van der Waals surface area (Å²) < 4.78 is 25.4. The molecule has 2 heterocycles. The monoisotopic (exact) mass is 613 g/mol. The minimum absolute atomic E-state index is 0. The fraction of sp³-hybridized carbons (Fsp3) is 0.781.